The molecule has 0 atom stereocenters. The van der Waals surface area contributed by atoms with Crippen molar-refractivity contribution in [1.82, 2.24) is 20.5 Å². The summed E-state index contributed by atoms with van der Waals surface area (Å²) in [5.41, 5.74) is 2.64. The third-order valence-electron chi connectivity index (χ3n) is 5.21. The maximum atomic E-state index is 4.79. The van der Waals surface area contributed by atoms with E-state index in [1.54, 1.807) is 11.3 Å². The Hall–Kier alpha value is -1.92. The van der Waals surface area contributed by atoms with Gasteiger partial charge in [0.05, 0.1) is 12.2 Å². The number of guanidine groups is 1. The number of piperidine rings is 1. The van der Waals surface area contributed by atoms with Gasteiger partial charge in [0, 0.05) is 43.0 Å². The lowest BCUT2D eigenvalue weighted by Gasteiger charge is -2.33. The Morgan fingerprint density at radius 3 is 2.55 bits per heavy atom. The van der Waals surface area contributed by atoms with E-state index in [4.69, 9.17) is 9.98 Å². The van der Waals surface area contributed by atoms with Gasteiger partial charge in [-0.2, -0.15) is 0 Å². The van der Waals surface area contributed by atoms with Crippen LogP contribution < -0.4 is 10.6 Å². The van der Waals surface area contributed by atoms with Crippen LogP contribution in [0.5, 0.6) is 0 Å². The van der Waals surface area contributed by atoms with Crippen LogP contribution >= 0.6 is 11.3 Å². The van der Waals surface area contributed by atoms with Crippen LogP contribution in [0.3, 0.4) is 0 Å². The largest absolute Gasteiger partial charge is 0.357 e. The number of hydrogen-bond donors (Lipinski definition) is 2. The number of aromatic nitrogens is 1. The fourth-order valence-corrected chi connectivity index (χ4v) is 4.41. The minimum Gasteiger partial charge on any atom is -0.357 e. The van der Waals surface area contributed by atoms with Crippen molar-refractivity contribution in [3.63, 3.8) is 0 Å². The van der Waals surface area contributed by atoms with Gasteiger partial charge in [-0.05, 0) is 25.3 Å². The van der Waals surface area contributed by atoms with Crippen molar-refractivity contribution in [3.8, 4) is 0 Å². The molecule has 29 heavy (non-hydrogen) atoms. The molecule has 2 N–H and O–H groups in total. The molecule has 0 spiro atoms. The molecular weight excluding hydrogens is 378 g/mol. The van der Waals surface area contributed by atoms with Gasteiger partial charge in [-0.3, -0.25) is 4.90 Å². The molecule has 0 unspecified atom stereocenters. The molecule has 0 saturated carbocycles. The van der Waals surface area contributed by atoms with Crippen LogP contribution in [0.2, 0.25) is 0 Å². The number of rotatable bonds is 6. The van der Waals surface area contributed by atoms with Crippen LogP contribution in [0.4, 0.5) is 0 Å². The van der Waals surface area contributed by atoms with Gasteiger partial charge in [-0.1, -0.05) is 51.1 Å². The number of benzene rings is 1. The highest BCUT2D eigenvalue weighted by Crippen LogP contribution is 2.24. The van der Waals surface area contributed by atoms with Crippen LogP contribution in [-0.2, 0) is 18.5 Å². The summed E-state index contributed by atoms with van der Waals surface area (Å²) >= 11 is 1.70. The Balaban J connectivity index is 1.50. The van der Waals surface area contributed by atoms with Gasteiger partial charge in [0.25, 0.3) is 0 Å². The summed E-state index contributed by atoms with van der Waals surface area (Å²) in [6, 6.07) is 11.2. The molecule has 1 aliphatic heterocycles. The summed E-state index contributed by atoms with van der Waals surface area (Å²) in [5.74, 6) is 0.904. The minimum atomic E-state index is 0.0922. The normalized spacial score (nSPS) is 16.8. The van der Waals surface area contributed by atoms with Gasteiger partial charge in [0.2, 0.25) is 0 Å². The maximum Gasteiger partial charge on any atom is 0.191 e. The topological polar surface area (TPSA) is 52.6 Å². The molecule has 5 nitrogen and oxygen atoms in total. The van der Waals surface area contributed by atoms with Gasteiger partial charge in [0.1, 0.15) is 5.01 Å². The van der Waals surface area contributed by atoms with Crippen molar-refractivity contribution >= 4 is 17.3 Å². The van der Waals surface area contributed by atoms with Crippen molar-refractivity contribution in [2.45, 2.75) is 65.1 Å². The van der Waals surface area contributed by atoms with E-state index < -0.39 is 0 Å². The Bertz CT molecular complexity index is 770. The summed E-state index contributed by atoms with van der Waals surface area (Å²) in [5, 5.41) is 10.3. The number of nitrogens with one attached hydrogen (secondary N) is 2. The summed E-state index contributed by atoms with van der Waals surface area (Å²) in [6.45, 7) is 13.5. The highest BCUT2D eigenvalue weighted by atomic mass is 32.1. The molecule has 3 rings (SSSR count). The zero-order valence-electron chi connectivity index (χ0n) is 18.2. The predicted octanol–water partition coefficient (Wildman–Crippen LogP) is 4.16. The van der Waals surface area contributed by atoms with Gasteiger partial charge in [-0.15, -0.1) is 11.3 Å². The van der Waals surface area contributed by atoms with E-state index in [1.165, 1.54) is 5.56 Å². The van der Waals surface area contributed by atoms with Gasteiger partial charge in [-0.25, -0.2) is 9.98 Å². The molecular formula is C23H35N5S. The first-order valence-corrected chi connectivity index (χ1v) is 11.6. The van der Waals surface area contributed by atoms with Gasteiger partial charge >= 0.3 is 0 Å². The van der Waals surface area contributed by atoms with E-state index in [0.29, 0.717) is 12.6 Å². The first kappa shape index (κ1) is 21.8. The average Bonchev–Trinajstić information content (AvgIpc) is 3.18. The third-order valence-corrected chi connectivity index (χ3v) is 6.05. The highest BCUT2D eigenvalue weighted by molar-refractivity contribution is 7.09. The second-order valence-corrected chi connectivity index (χ2v) is 9.69. The first-order chi connectivity index (χ1) is 13.9. The molecule has 1 saturated heterocycles. The third kappa shape index (κ3) is 6.82. The van der Waals surface area contributed by atoms with Crippen molar-refractivity contribution in [3.05, 3.63) is 52.0 Å². The molecule has 158 valence electrons. The Labute approximate surface area is 179 Å². The maximum absolute atomic E-state index is 4.79. The predicted molar refractivity (Wildman–Crippen MR) is 124 cm³/mol. The van der Waals surface area contributed by atoms with Crippen LogP contribution in [0, 0.1) is 0 Å². The lowest BCUT2D eigenvalue weighted by atomic mass is 9.93. The molecule has 0 amide bonds. The molecule has 2 heterocycles. The number of likely N-dealkylation sites (tertiary alicyclic amines) is 1. The van der Waals surface area contributed by atoms with Crippen molar-refractivity contribution in [2.75, 3.05) is 19.6 Å². The number of nitrogens with zero attached hydrogens (tertiary/aromatic N) is 3. The Morgan fingerprint density at radius 2 is 1.93 bits per heavy atom. The second kappa shape index (κ2) is 10.2. The minimum absolute atomic E-state index is 0.0922. The van der Waals surface area contributed by atoms with Crippen molar-refractivity contribution in [2.24, 2.45) is 4.99 Å². The van der Waals surface area contributed by atoms with Crippen LogP contribution in [0.1, 0.15) is 56.8 Å². The average molecular weight is 414 g/mol. The lowest BCUT2D eigenvalue weighted by molar-refractivity contribution is 0.198. The summed E-state index contributed by atoms with van der Waals surface area (Å²) < 4.78 is 0. The van der Waals surface area contributed by atoms with Gasteiger partial charge in [0.15, 0.2) is 5.96 Å². The van der Waals surface area contributed by atoms with Crippen LogP contribution in [-0.4, -0.2) is 41.5 Å². The second-order valence-electron chi connectivity index (χ2n) is 8.75. The molecule has 6 heteroatoms. The summed E-state index contributed by atoms with van der Waals surface area (Å²) in [4.78, 5) is 12.1. The fraction of sp³-hybridized carbons (Fsp3) is 0.565. The van der Waals surface area contributed by atoms with E-state index >= 15 is 0 Å². The number of thiazole rings is 1. The zero-order chi connectivity index (χ0) is 20.7. The summed E-state index contributed by atoms with van der Waals surface area (Å²) in [6.07, 6.45) is 2.28. The standard InChI is InChI=1S/C23H35N5S/c1-5-24-22(25-15-21-27-20(17-29-21)23(2,3)4)26-19-11-13-28(14-12-19)16-18-9-7-6-8-10-18/h6-10,17,19H,5,11-16H2,1-4H3,(H2,24,25,26). The van der Waals surface area contributed by atoms with Gasteiger partial charge < -0.3 is 10.6 Å². The van der Waals surface area contributed by atoms with Crippen LogP contribution in [0.15, 0.2) is 40.7 Å². The monoisotopic (exact) mass is 413 g/mol. The molecule has 1 aromatic carbocycles. The zero-order valence-corrected chi connectivity index (χ0v) is 19.1. The highest BCUT2D eigenvalue weighted by Gasteiger charge is 2.20. The molecule has 0 bridgehead atoms. The quantitative estimate of drug-likeness (QED) is 0.551. The van der Waals surface area contributed by atoms with E-state index in [2.05, 4.69) is 78.9 Å². The Kier molecular flexibility index (Phi) is 7.67. The smallest absolute Gasteiger partial charge is 0.191 e. The van der Waals surface area contributed by atoms with Crippen molar-refractivity contribution in [1.29, 1.82) is 0 Å². The van der Waals surface area contributed by atoms with E-state index in [1.807, 2.05) is 0 Å². The van der Waals surface area contributed by atoms with Crippen LogP contribution in [0.25, 0.3) is 0 Å². The molecule has 1 aliphatic rings. The molecule has 2 aromatic rings. The van der Waals surface area contributed by atoms with Crippen molar-refractivity contribution < 1.29 is 0 Å². The molecule has 0 radical (unpaired) electrons. The first-order valence-electron chi connectivity index (χ1n) is 10.7. The molecule has 0 aliphatic carbocycles. The fourth-order valence-electron chi connectivity index (χ4n) is 3.47. The number of aliphatic imine (C=N–C) groups is 1. The van der Waals surface area contributed by atoms with E-state index in [-0.39, 0.29) is 5.41 Å². The SMILES string of the molecule is CCNC(=NCc1nc(C(C)(C)C)cs1)NC1CCN(Cc2ccccc2)CC1. The Morgan fingerprint density at radius 1 is 1.21 bits per heavy atom. The lowest BCUT2D eigenvalue weighted by Crippen LogP contribution is -2.48. The summed E-state index contributed by atoms with van der Waals surface area (Å²) in [7, 11) is 0. The molecule has 1 aromatic heterocycles. The number of hydrogen-bond acceptors (Lipinski definition) is 4. The molecule has 1 fully saturated rings. The van der Waals surface area contributed by atoms with E-state index in [9.17, 15) is 0 Å². The van der Waals surface area contributed by atoms with E-state index in [0.717, 1.165) is 55.7 Å².